The zero-order chi connectivity index (χ0) is 13.4. The van der Waals surface area contributed by atoms with Gasteiger partial charge in [0, 0.05) is 6.42 Å². The molecule has 0 aromatic heterocycles. The van der Waals surface area contributed by atoms with Crippen molar-refractivity contribution in [2.24, 2.45) is 0 Å². The van der Waals surface area contributed by atoms with E-state index in [1.165, 1.54) is 37.8 Å². The molecule has 0 bridgehead atoms. The van der Waals surface area contributed by atoms with Crippen LogP contribution in [0.2, 0.25) is 0 Å². The number of rotatable bonds is 8. The molecule has 18 heavy (non-hydrogen) atoms. The second-order valence-corrected chi connectivity index (χ2v) is 5.46. The summed E-state index contributed by atoms with van der Waals surface area (Å²) in [4.78, 5) is 0. The molecule has 0 amide bonds. The van der Waals surface area contributed by atoms with Crippen LogP contribution in [0.1, 0.15) is 57.9 Å². The van der Waals surface area contributed by atoms with Gasteiger partial charge in [0.2, 0.25) is 0 Å². The second-order valence-electron chi connectivity index (χ2n) is 5.46. The van der Waals surface area contributed by atoms with Crippen LogP contribution in [0.25, 0.3) is 0 Å². The largest absolute Gasteiger partial charge is 0.390 e. The first-order valence-electron chi connectivity index (χ1n) is 7.00. The quantitative estimate of drug-likeness (QED) is 0.676. The fraction of sp³-hybridized carbons (Fsp3) is 0.625. The zero-order valence-electron chi connectivity index (χ0n) is 11.6. The maximum Gasteiger partial charge on any atom is 0.123 e. The molecule has 1 unspecified atom stereocenters. The van der Waals surface area contributed by atoms with Gasteiger partial charge < -0.3 is 5.11 Å². The van der Waals surface area contributed by atoms with Gasteiger partial charge >= 0.3 is 0 Å². The molecule has 1 atom stereocenters. The predicted molar refractivity (Wildman–Crippen MR) is 74.1 cm³/mol. The highest BCUT2D eigenvalue weighted by Crippen LogP contribution is 2.20. The van der Waals surface area contributed by atoms with E-state index in [-0.39, 0.29) is 5.82 Å². The van der Waals surface area contributed by atoms with Crippen LogP contribution in [0, 0.1) is 5.82 Å². The van der Waals surface area contributed by atoms with Crippen LogP contribution >= 0.6 is 0 Å². The van der Waals surface area contributed by atoms with Crippen molar-refractivity contribution in [2.75, 3.05) is 0 Å². The zero-order valence-corrected chi connectivity index (χ0v) is 11.6. The van der Waals surface area contributed by atoms with Gasteiger partial charge in [-0.2, -0.15) is 0 Å². The predicted octanol–water partition coefficient (Wildman–Crippen LogP) is 4.48. The molecule has 1 N–H and O–H groups in total. The van der Waals surface area contributed by atoms with Crippen LogP contribution < -0.4 is 0 Å². The Morgan fingerprint density at radius 2 is 1.67 bits per heavy atom. The first-order chi connectivity index (χ1) is 8.53. The van der Waals surface area contributed by atoms with Gasteiger partial charge in [0.1, 0.15) is 5.82 Å². The van der Waals surface area contributed by atoms with E-state index in [4.69, 9.17) is 0 Å². The third-order valence-electron chi connectivity index (χ3n) is 3.32. The summed E-state index contributed by atoms with van der Waals surface area (Å²) in [5.41, 5.74) is 0.319. The van der Waals surface area contributed by atoms with Crippen LogP contribution in [0.4, 0.5) is 4.39 Å². The summed E-state index contributed by atoms with van der Waals surface area (Å²) < 4.78 is 12.8. The minimum Gasteiger partial charge on any atom is -0.390 e. The third kappa shape index (κ3) is 6.15. The lowest BCUT2D eigenvalue weighted by molar-refractivity contribution is 0.0484. The van der Waals surface area contributed by atoms with Crippen LogP contribution in [0.5, 0.6) is 0 Å². The van der Waals surface area contributed by atoms with Crippen molar-refractivity contribution in [3.8, 4) is 0 Å². The molecule has 102 valence electrons. The molecule has 0 saturated carbocycles. The van der Waals surface area contributed by atoms with Gasteiger partial charge in [-0.1, -0.05) is 51.2 Å². The van der Waals surface area contributed by atoms with Crippen molar-refractivity contribution >= 4 is 0 Å². The molecule has 0 radical (unpaired) electrons. The molecular formula is C16H25FO. The van der Waals surface area contributed by atoms with Gasteiger partial charge in [-0.05, 0) is 31.0 Å². The summed E-state index contributed by atoms with van der Waals surface area (Å²) >= 11 is 0. The van der Waals surface area contributed by atoms with Crippen LogP contribution in [0.15, 0.2) is 24.3 Å². The van der Waals surface area contributed by atoms with E-state index in [1.807, 2.05) is 6.92 Å². The van der Waals surface area contributed by atoms with Gasteiger partial charge in [0.05, 0.1) is 5.60 Å². The molecule has 2 heteroatoms. The number of hydrogen-bond acceptors (Lipinski definition) is 1. The van der Waals surface area contributed by atoms with Crippen molar-refractivity contribution < 1.29 is 9.50 Å². The van der Waals surface area contributed by atoms with E-state index in [0.717, 1.165) is 18.4 Å². The molecule has 0 saturated heterocycles. The monoisotopic (exact) mass is 252 g/mol. The summed E-state index contributed by atoms with van der Waals surface area (Å²) in [6.45, 7) is 4.07. The molecular weight excluding hydrogens is 227 g/mol. The molecule has 1 nitrogen and oxygen atoms in total. The van der Waals surface area contributed by atoms with Gasteiger partial charge in [0.25, 0.3) is 0 Å². The Balaban J connectivity index is 2.32. The van der Waals surface area contributed by atoms with Crippen LogP contribution in [0.3, 0.4) is 0 Å². The second kappa shape index (κ2) is 7.52. The lowest BCUT2D eigenvalue weighted by Crippen LogP contribution is -2.27. The summed E-state index contributed by atoms with van der Waals surface area (Å²) in [5.74, 6) is -0.224. The standard InChI is InChI=1S/C16H25FO/c1-3-4-5-6-7-12-16(2,18)13-14-8-10-15(17)11-9-14/h8-11,18H,3-7,12-13H2,1-2H3. The van der Waals surface area contributed by atoms with Crippen molar-refractivity contribution in [1.82, 2.24) is 0 Å². The Hall–Kier alpha value is -0.890. The maximum atomic E-state index is 12.8. The molecule has 0 aliphatic heterocycles. The lowest BCUT2D eigenvalue weighted by Gasteiger charge is -2.23. The Morgan fingerprint density at radius 1 is 1.06 bits per heavy atom. The summed E-state index contributed by atoms with van der Waals surface area (Å²) in [5, 5.41) is 10.3. The van der Waals surface area contributed by atoms with E-state index in [9.17, 15) is 9.50 Å². The van der Waals surface area contributed by atoms with Gasteiger partial charge in [-0.15, -0.1) is 0 Å². The molecule has 0 fully saturated rings. The molecule has 0 aliphatic rings. The highest BCUT2D eigenvalue weighted by Gasteiger charge is 2.20. The number of aliphatic hydroxyl groups is 1. The molecule has 0 heterocycles. The molecule has 1 aromatic carbocycles. The van der Waals surface area contributed by atoms with E-state index < -0.39 is 5.60 Å². The lowest BCUT2D eigenvalue weighted by atomic mass is 9.91. The highest BCUT2D eigenvalue weighted by molar-refractivity contribution is 5.17. The van der Waals surface area contributed by atoms with Crippen molar-refractivity contribution in [2.45, 2.75) is 64.4 Å². The Labute approximate surface area is 110 Å². The summed E-state index contributed by atoms with van der Waals surface area (Å²) in [7, 11) is 0. The van der Waals surface area contributed by atoms with Gasteiger partial charge in [-0.3, -0.25) is 0 Å². The third-order valence-corrected chi connectivity index (χ3v) is 3.32. The summed E-state index contributed by atoms with van der Waals surface area (Å²) in [6.07, 6.45) is 7.44. The number of halogens is 1. The smallest absolute Gasteiger partial charge is 0.123 e. The Morgan fingerprint density at radius 3 is 2.28 bits per heavy atom. The normalized spacial score (nSPS) is 14.4. The number of unbranched alkanes of at least 4 members (excludes halogenated alkanes) is 4. The minimum atomic E-state index is -0.677. The van der Waals surface area contributed by atoms with E-state index in [2.05, 4.69) is 6.92 Å². The highest BCUT2D eigenvalue weighted by atomic mass is 19.1. The Kier molecular flexibility index (Phi) is 6.34. The SMILES string of the molecule is CCCCCCCC(C)(O)Cc1ccc(F)cc1. The fourth-order valence-corrected chi connectivity index (χ4v) is 2.24. The molecule has 1 rings (SSSR count). The van der Waals surface area contributed by atoms with Crippen molar-refractivity contribution in [1.29, 1.82) is 0 Å². The minimum absolute atomic E-state index is 0.224. The van der Waals surface area contributed by atoms with Crippen LogP contribution in [-0.2, 0) is 6.42 Å². The fourth-order valence-electron chi connectivity index (χ4n) is 2.24. The van der Waals surface area contributed by atoms with E-state index in [0.29, 0.717) is 6.42 Å². The van der Waals surface area contributed by atoms with Gasteiger partial charge in [-0.25, -0.2) is 4.39 Å². The topological polar surface area (TPSA) is 20.2 Å². The van der Waals surface area contributed by atoms with Crippen molar-refractivity contribution in [3.05, 3.63) is 35.6 Å². The molecule has 0 aliphatic carbocycles. The maximum absolute atomic E-state index is 12.8. The number of benzene rings is 1. The van der Waals surface area contributed by atoms with Gasteiger partial charge in [0.15, 0.2) is 0 Å². The average Bonchev–Trinajstić information content (AvgIpc) is 2.31. The van der Waals surface area contributed by atoms with E-state index in [1.54, 1.807) is 12.1 Å². The first kappa shape index (κ1) is 15.2. The van der Waals surface area contributed by atoms with Crippen LogP contribution in [-0.4, -0.2) is 10.7 Å². The summed E-state index contributed by atoms with van der Waals surface area (Å²) in [6, 6.07) is 6.40. The average molecular weight is 252 g/mol. The molecule has 0 spiro atoms. The van der Waals surface area contributed by atoms with Crippen molar-refractivity contribution in [3.63, 3.8) is 0 Å². The van der Waals surface area contributed by atoms with E-state index >= 15 is 0 Å². The first-order valence-corrected chi connectivity index (χ1v) is 7.00. The number of hydrogen-bond donors (Lipinski definition) is 1. The molecule has 1 aromatic rings. The Bertz CT molecular complexity index is 329.